The van der Waals surface area contributed by atoms with Crippen molar-refractivity contribution in [3.8, 4) is 11.1 Å². The molecule has 0 bridgehead atoms. The second-order valence-corrected chi connectivity index (χ2v) is 15.1. The van der Waals surface area contributed by atoms with Gasteiger partial charge in [0.1, 0.15) is 17.4 Å². The number of carbonyl (C=O) groups is 3. The lowest BCUT2D eigenvalue weighted by Crippen LogP contribution is -2.52. The van der Waals surface area contributed by atoms with Crippen LogP contribution in [0.15, 0.2) is 64.1 Å². The quantitative estimate of drug-likeness (QED) is 0.184. The van der Waals surface area contributed by atoms with Gasteiger partial charge in [0.2, 0.25) is 17.2 Å². The normalized spacial score (nSPS) is 20.5. The Bertz CT molecular complexity index is 2360. The molecule has 4 aliphatic heterocycles. The molecular formula is C39H39ClN8O5. The van der Waals surface area contributed by atoms with E-state index in [1.54, 1.807) is 35.4 Å². The summed E-state index contributed by atoms with van der Waals surface area (Å²) in [5.74, 6) is 0.0209. The topological polar surface area (TPSA) is 160 Å². The number of halogens is 1. The van der Waals surface area contributed by atoms with Gasteiger partial charge in [-0.25, -0.2) is 4.98 Å². The minimum absolute atomic E-state index is 0.135. The van der Waals surface area contributed by atoms with Gasteiger partial charge in [0, 0.05) is 74.3 Å². The van der Waals surface area contributed by atoms with Crippen LogP contribution >= 0.6 is 11.6 Å². The largest absolute Gasteiger partial charge is 0.453 e. The van der Waals surface area contributed by atoms with Crippen molar-refractivity contribution in [3.05, 3.63) is 81.2 Å². The van der Waals surface area contributed by atoms with Gasteiger partial charge in [0.15, 0.2) is 11.1 Å². The molecule has 3 N–H and O–H groups in total. The molecule has 3 saturated heterocycles. The number of nitrogens with zero attached hydrogens (tertiary/aromatic N) is 6. The van der Waals surface area contributed by atoms with Crippen LogP contribution < -0.4 is 21.4 Å². The number of benzene rings is 2. The smallest absolute Gasteiger partial charge is 0.255 e. The zero-order valence-electron chi connectivity index (χ0n) is 29.1. The van der Waals surface area contributed by atoms with Crippen LogP contribution in [0.5, 0.6) is 0 Å². The van der Waals surface area contributed by atoms with Gasteiger partial charge >= 0.3 is 0 Å². The Labute approximate surface area is 309 Å². The first-order valence-corrected chi connectivity index (χ1v) is 18.7. The fraction of sp³-hybridized carbons (Fsp3) is 0.385. The van der Waals surface area contributed by atoms with Crippen molar-refractivity contribution >= 4 is 62.9 Å². The molecule has 1 unspecified atom stereocenters. The molecule has 5 aromatic rings. The predicted octanol–water partition coefficient (Wildman–Crippen LogP) is 4.75. The van der Waals surface area contributed by atoms with Crippen LogP contribution in [0.2, 0.25) is 5.02 Å². The van der Waals surface area contributed by atoms with Gasteiger partial charge in [-0.3, -0.25) is 29.2 Å². The monoisotopic (exact) mass is 734 g/mol. The SMILES string of the molecule is Nc1cc(-c2cnn(C3CCN(CC4CCN(c5ccc6c(c5)C(=O)N(C5CCC(=O)NC5=O)C6)CC4)CC3)c2)c2oc3cccc(Cl)c3c(=O)c2n1. The highest BCUT2D eigenvalue weighted by atomic mass is 35.5. The highest BCUT2D eigenvalue weighted by Gasteiger charge is 2.39. The highest BCUT2D eigenvalue weighted by molar-refractivity contribution is 6.35. The fourth-order valence-corrected chi connectivity index (χ4v) is 8.84. The number of anilines is 2. The molecule has 0 radical (unpaired) electrons. The van der Waals surface area contributed by atoms with Crippen molar-refractivity contribution in [1.82, 2.24) is 29.9 Å². The van der Waals surface area contributed by atoms with E-state index < -0.39 is 6.04 Å². The van der Waals surface area contributed by atoms with E-state index in [9.17, 15) is 19.2 Å². The molecule has 1 atom stereocenters. The van der Waals surface area contributed by atoms with E-state index in [2.05, 4.69) is 26.2 Å². The summed E-state index contributed by atoms with van der Waals surface area (Å²) < 4.78 is 8.21. The van der Waals surface area contributed by atoms with Crippen molar-refractivity contribution in [1.29, 1.82) is 0 Å². The van der Waals surface area contributed by atoms with E-state index in [0.717, 1.165) is 75.2 Å². The van der Waals surface area contributed by atoms with Crippen LogP contribution in [0.25, 0.3) is 33.2 Å². The molecule has 3 amide bonds. The zero-order valence-corrected chi connectivity index (χ0v) is 29.8. The van der Waals surface area contributed by atoms with Gasteiger partial charge in [0.25, 0.3) is 5.91 Å². The van der Waals surface area contributed by atoms with Gasteiger partial charge in [-0.05, 0) is 73.9 Å². The fourth-order valence-electron chi connectivity index (χ4n) is 8.58. The van der Waals surface area contributed by atoms with E-state index in [4.69, 9.17) is 26.9 Å². The number of fused-ring (bicyclic) bond motifs is 3. The van der Waals surface area contributed by atoms with Crippen LogP contribution in [0.3, 0.4) is 0 Å². The number of nitrogen functional groups attached to an aromatic ring is 1. The first-order chi connectivity index (χ1) is 25.7. The molecular weight excluding hydrogens is 696 g/mol. The number of hydrogen-bond acceptors (Lipinski definition) is 10. The summed E-state index contributed by atoms with van der Waals surface area (Å²) in [5.41, 5.74) is 10.9. The van der Waals surface area contributed by atoms with E-state index >= 15 is 0 Å². The summed E-state index contributed by atoms with van der Waals surface area (Å²) in [7, 11) is 0. The minimum Gasteiger partial charge on any atom is -0.453 e. The van der Waals surface area contributed by atoms with E-state index in [1.165, 1.54) is 0 Å². The number of amides is 3. The van der Waals surface area contributed by atoms with E-state index in [-0.39, 0.29) is 52.3 Å². The standard InChI is InChI=1S/C39H39ClN8O5/c40-29-2-1-3-31-34(29)36(50)35-37(53-31)27(17-32(41)43-35)24-18-42-48(21-24)25-10-12-45(13-11-25)19-22-8-14-46(15-9-22)26-5-4-23-20-47(39(52)28(23)16-26)30-6-7-33(49)44-38(30)51/h1-5,16-18,21-22,25,30H,6-15,19-20H2,(H2,41,43)(H,44,49,51). The van der Waals surface area contributed by atoms with Crippen molar-refractivity contribution in [3.63, 3.8) is 0 Å². The molecule has 13 nitrogen and oxygen atoms in total. The summed E-state index contributed by atoms with van der Waals surface area (Å²) >= 11 is 6.33. The third-order valence-electron chi connectivity index (χ3n) is 11.5. The Kier molecular flexibility index (Phi) is 8.42. The maximum absolute atomic E-state index is 13.4. The number of pyridine rings is 1. The molecule has 0 saturated carbocycles. The maximum Gasteiger partial charge on any atom is 0.255 e. The first kappa shape index (κ1) is 33.6. The Hall–Kier alpha value is -5.27. The van der Waals surface area contributed by atoms with Gasteiger partial charge in [-0.1, -0.05) is 23.7 Å². The lowest BCUT2D eigenvalue weighted by Gasteiger charge is -2.38. The van der Waals surface area contributed by atoms with Gasteiger partial charge in [-0.15, -0.1) is 0 Å². The number of nitrogens with one attached hydrogen (secondary N) is 1. The molecule has 14 heteroatoms. The Balaban J connectivity index is 0.803. The molecule has 9 rings (SSSR count). The minimum atomic E-state index is -0.603. The molecule has 4 aliphatic rings. The third-order valence-corrected chi connectivity index (χ3v) is 11.8. The van der Waals surface area contributed by atoms with Crippen molar-refractivity contribution in [2.75, 3.05) is 43.4 Å². The Morgan fingerprint density at radius 3 is 2.55 bits per heavy atom. The van der Waals surface area contributed by atoms with Gasteiger partial charge in [-0.2, -0.15) is 5.10 Å². The lowest BCUT2D eigenvalue weighted by atomic mass is 9.94. The molecule has 7 heterocycles. The summed E-state index contributed by atoms with van der Waals surface area (Å²) in [4.78, 5) is 61.6. The molecule has 3 aromatic heterocycles. The molecule has 2 aromatic carbocycles. The first-order valence-electron chi connectivity index (χ1n) is 18.3. The van der Waals surface area contributed by atoms with Crippen LogP contribution in [0, 0.1) is 5.92 Å². The lowest BCUT2D eigenvalue weighted by molar-refractivity contribution is -0.136. The highest BCUT2D eigenvalue weighted by Crippen LogP contribution is 2.35. The number of rotatable bonds is 6. The summed E-state index contributed by atoms with van der Waals surface area (Å²) in [6.07, 6.45) is 8.54. The number of aromatic nitrogens is 3. The molecule has 272 valence electrons. The van der Waals surface area contributed by atoms with Crippen molar-refractivity contribution in [2.24, 2.45) is 5.92 Å². The average molecular weight is 735 g/mol. The number of hydrogen-bond donors (Lipinski definition) is 2. The summed E-state index contributed by atoms with van der Waals surface area (Å²) in [5, 5.41) is 7.70. The molecule has 0 aliphatic carbocycles. The Morgan fingerprint density at radius 2 is 1.75 bits per heavy atom. The zero-order chi connectivity index (χ0) is 36.4. The number of imide groups is 1. The molecule has 3 fully saturated rings. The predicted molar refractivity (Wildman–Crippen MR) is 201 cm³/mol. The molecule has 53 heavy (non-hydrogen) atoms. The van der Waals surface area contributed by atoms with Crippen LogP contribution in [-0.4, -0.2) is 81.1 Å². The number of likely N-dealkylation sites (tertiary alicyclic amines) is 1. The van der Waals surface area contributed by atoms with Crippen molar-refractivity contribution in [2.45, 2.75) is 57.2 Å². The summed E-state index contributed by atoms with van der Waals surface area (Å²) in [6, 6.07) is 12.6. The van der Waals surface area contributed by atoms with Crippen molar-refractivity contribution < 1.29 is 18.8 Å². The van der Waals surface area contributed by atoms with Gasteiger partial charge < -0.3 is 24.9 Å². The number of piperidine rings is 3. The second kappa shape index (κ2) is 13.3. The van der Waals surface area contributed by atoms with E-state index in [1.807, 2.05) is 23.0 Å². The molecule has 0 spiro atoms. The third kappa shape index (κ3) is 6.11. The summed E-state index contributed by atoms with van der Waals surface area (Å²) in [6.45, 7) is 5.29. The average Bonchev–Trinajstić information content (AvgIpc) is 3.77. The van der Waals surface area contributed by atoms with E-state index in [0.29, 0.717) is 46.2 Å². The second-order valence-electron chi connectivity index (χ2n) is 14.7. The maximum atomic E-state index is 13.4. The van der Waals surface area contributed by atoms with Crippen LogP contribution in [-0.2, 0) is 16.1 Å². The number of carbonyl (C=O) groups excluding carboxylic acids is 3. The van der Waals surface area contributed by atoms with Crippen LogP contribution in [0.1, 0.15) is 60.5 Å². The Morgan fingerprint density at radius 1 is 0.943 bits per heavy atom. The van der Waals surface area contributed by atoms with Gasteiger partial charge in [0.05, 0.1) is 22.6 Å². The number of nitrogens with two attached hydrogens (primary N) is 1. The van der Waals surface area contributed by atoms with Crippen LogP contribution in [0.4, 0.5) is 11.5 Å².